The number of hydrogen-bond donors (Lipinski definition) is 2. The predicted octanol–water partition coefficient (Wildman–Crippen LogP) is 1.98. The highest BCUT2D eigenvalue weighted by atomic mass is 32.2. The Morgan fingerprint density at radius 3 is 2.67 bits per heavy atom. The van der Waals surface area contributed by atoms with Crippen LogP contribution in [0.4, 0.5) is 0 Å². The molecule has 0 aliphatic carbocycles. The molecule has 7 heteroatoms. The summed E-state index contributed by atoms with van der Waals surface area (Å²) < 4.78 is 26.3. The average molecular weight is 291 g/mol. The van der Waals surface area contributed by atoms with Gasteiger partial charge in [0.2, 0.25) is 0 Å². The van der Waals surface area contributed by atoms with Gasteiger partial charge in [0, 0.05) is 0 Å². The summed E-state index contributed by atoms with van der Waals surface area (Å²) in [5, 5.41) is 10.7. The van der Waals surface area contributed by atoms with Crippen LogP contribution in [0.5, 0.6) is 0 Å². The average Bonchev–Trinajstić information content (AvgIpc) is 2.71. The molecule has 0 aliphatic rings. The molecule has 0 saturated carbocycles. The number of carboxylic acids is 1. The Kier molecular flexibility index (Phi) is 5.30. The lowest BCUT2D eigenvalue weighted by atomic mass is 10.1. The molecule has 102 valence electrons. The first kappa shape index (κ1) is 15.1. The van der Waals surface area contributed by atoms with Gasteiger partial charge in [-0.15, -0.1) is 11.3 Å². The lowest BCUT2D eigenvalue weighted by Gasteiger charge is -2.13. The third-order valence-electron chi connectivity index (χ3n) is 2.41. The molecule has 0 fully saturated rings. The van der Waals surface area contributed by atoms with Crippen LogP contribution in [0.15, 0.2) is 15.7 Å². The van der Waals surface area contributed by atoms with E-state index in [9.17, 15) is 13.2 Å². The van der Waals surface area contributed by atoms with Gasteiger partial charge in [0.05, 0.1) is 0 Å². The highest BCUT2D eigenvalue weighted by Gasteiger charge is 2.25. The van der Waals surface area contributed by atoms with Gasteiger partial charge in [-0.05, 0) is 30.4 Å². The maximum absolute atomic E-state index is 12.0. The van der Waals surface area contributed by atoms with Crippen LogP contribution >= 0.6 is 11.3 Å². The molecule has 0 bridgehead atoms. The normalized spacial score (nSPS) is 13.4. The molecule has 2 N–H and O–H groups in total. The van der Waals surface area contributed by atoms with E-state index in [0.29, 0.717) is 12.8 Å². The van der Waals surface area contributed by atoms with Crippen molar-refractivity contribution in [2.24, 2.45) is 0 Å². The van der Waals surface area contributed by atoms with E-state index in [0.717, 1.165) is 23.3 Å². The number of aliphatic carboxylic acids is 1. The Morgan fingerprint density at radius 1 is 1.56 bits per heavy atom. The van der Waals surface area contributed by atoms with Crippen molar-refractivity contribution >= 4 is 27.3 Å². The third kappa shape index (κ3) is 4.08. The Bertz CT molecular complexity index is 507. The van der Waals surface area contributed by atoms with E-state index in [-0.39, 0.29) is 4.21 Å². The Hall–Kier alpha value is -0.920. The second-order valence-electron chi connectivity index (χ2n) is 4.10. The molecule has 0 unspecified atom stereocenters. The lowest BCUT2D eigenvalue weighted by Crippen LogP contribution is -2.40. The monoisotopic (exact) mass is 291 g/mol. The molecule has 0 aromatic carbocycles. The maximum atomic E-state index is 12.0. The van der Waals surface area contributed by atoms with Gasteiger partial charge >= 0.3 is 5.97 Å². The van der Waals surface area contributed by atoms with Crippen LogP contribution in [0.1, 0.15) is 31.7 Å². The molecule has 1 atom stereocenters. The van der Waals surface area contributed by atoms with Crippen LogP contribution in [0.2, 0.25) is 0 Å². The van der Waals surface area contributed by atoms with Crippen molar-refractivity contribution in [3.63, 3.8) is 0 Å². The molecule has 0 aliphatic heterocycles. The summed E-state index contributed by atoms with van der Waals surface area (Å²) in [7, 11) is -3.73. The molecule has 0 saturated heterocycles. The van der Waals surface area contributed by atoms with Gasteiger partial charge in [0.1, 0.15) is 10.3 Å². The van der Waals surface area contributed by atoms with Gasteiger partial charge in [0.15, 0.2) is 0 Å². The van der Waals surface area contributed by atoms with Crippen molar-refractivity contribution in [3.05, 3.63) is 17.0 Å². The van der Waals surface area contributed by atoms with E-state index < -0.39 is 22.0 Å². The van der Waals surface area contributed by atoms with Gasteiger partial charge in [-0.25, -0.2) is 8.42 Å². The van der Waals surface area contributed by atoms with Gasteiger partial charge < -0.3 is 5.11 Å². The van der Waals surface area contributed by atoms with Gasteiger partial charge in [-0.3, -0.25) is 4.79 Å². The van der Waals surface area contributed by atoms with Crippen molar-refractivity contribution in [3.8, 4) is 0 Å². The first-order chi connectivity index (χ1) is 8.36. The van der Waals surface area contributed by atoms with E-state index in [2.05, 4.69) is 4.72 Å². The first-order valence-corrected chi connectivity index (χ1v) is 8.03. The zero-order chi connectivity index (χ0) is 13.8. The minimum Gasteiger partial charge on any atom is -0.480 e. The molecule has 0 spiro atoms. The molecular formula is C11H17NO4S2. The van der Waals surface area contributed by atoms with E-state index in [1.54, 1.807) is 12.3 Å². The minimum absolute atomic E-state index is 0.155. The molecule has 1 heterocycles. The van der Waals surface area contributed by atoms with E-state index >= 15 is 0 Å². The highest BCUT2D eigenvalue weighted by molar-refractivity contribution is 7.91. The van der Waals surface area contributed by atoms with Crippen molar-refractivity contribution in [1.82, 2.24) is 4.72 Å². The van der Waals surface area contributed by atoms with E-state index in [1.807, 2.05) is 6.92 Å². The van der Waals surface area contributed by atoms with Crippen LogP contribution in [-0.4, -0.2) is 25.5 Å². The molecule has 5 nitrogen and oxygen atoms in total. The third-order valence-corrected chi connectivity index (χ3v) is 5.44. The van der Waals surface area contributed by atoms with E-state index in [4.69, 9.17) is 5.11 Å². The Labute approximate surface area is 111 Å². The first-order valence-electron chi connectivity index (χ1n) is 5.67. The maximum Gasteiger partial charge on any atom is 0.321 e. The molecule has 0 amide bonds. The number of aryl methyl sites for hydroxylation is 1. The summed E-state index contributed by atoms with van der Waals surface area (Å²) in [5.41, 5.74) is 0.848. The number of hydrogen-bond acceptors (Lipinski definition) is 4. The SMILES string of the molecule is CCCC[C@H](NS(=O)(=O)c1cc(C)cs1)C(=O)O. The number of sulfonamides is 1. The summed E-state index contributed by atoms with van der Waals surface area (Å²) in [6.07, 6.45) is 1.79. The van der Waals surface area contributed by atoms with Gasteiger partial charge in [-0.1, -0.05) is 19.8 Å². The van der Waals surface area contributed by atoms with Crippen LogP contribution in [0.25, 0.3) is 0 Å². The van der Waals surface area contributed by atoms with Crippen molar-refractivity contribution < 1.29 is 18.3 Å². The molecule has 1 aromatic heterocycles. The van der Waals surface area contributed by atoms with Gasteiger partial charge in [-0.2, -0.15) is 4.72 Å². The number of nitrogens with one attached hydrogen (secondary N) is 1. The molecule has 1 rings (SSSR count). The second-order valence-corrected chi connectivity index (χ2v) is 6.95. The number of thiophene rings is 1. The zero-order valence-corrected chi connectivity index (χ0v) is 12.0. The number of unbranched alkanes of at least 4 members (excludes halogenated alkanes) is 1. The fraction of sp³-hybridized carbons (Fsp3) is 0.545. The number of rotatable bonds is 7. The van der Waals surface area contributed by atoms with Crippen LogP contribution in [0, 0.1) is 6.92 Å². The van der Waals surface area contributed by atoms with Gasteiger partial charge in [0.25, 0.3) is 10.0 Å². The Morgan fingerprint density at radius 2 is 2.22 bits per heavy atom. The predicted molar refractivity (Wildman–Crippen MR) is 70.3 cm³/mol. The minimum atomic E-state index is -3.73. The number of carboxylic acid groups (broad SMARTS) is 1. The molecular weight excluding hydrogens is 274 g/mol. The zero-order valence-electron chi connectivity index (χ0n) is 10.3. The molecule has 1 aromatic rings. The van der Waals surface area contributed by atoms with Crippen LogP contribution in [0.3, 0.4) is 0 Å². The van der Waals surface area contributed by atoms with Crippen molar-refractivity contribution in [2.75, 3.05) is 0 Å². The van der Waals surface area contributed by atoms with Crippen LogP contribution in [-0.2, 0) is 14.8 Å². The fourth-order valence-electron chi connectivity index (χ4n) is 1.43. The van der Waals surface area contributed by atoms with Crippen molar-refractivity contribution in [2.45, 2.75) is 43.4 Å². The lowest BCUT2D eigenvalue weighted by molar-refractivity contribution is -0.139. The second kappa shape index (κ2) is 6.31. The Balaban J connectivity index is 2.82. The van der Waals surface area contributed by atoms with Crippen LogP contribution < -0.4 is 4.72 Å². The quantitative estimate of drug-likeness (QED) is 0.804. The largest absolute Gasteiger partial charge is 0.480 e. The fourth-order valence-corrected chi connectivity index (χ4v) is 3.90. The summed E-state index contributed by atoms with van der Waals surface area (Å²) in [6.45, 7) is 3.72. The molecule has 0 radical (unpaired) electrons. The van der Waals surface area contributed by atoms with Crippen molar-refractivity contribution in [1.29, 1.82) is 0 Å². The summed E-state index contributed by atoms with van der Waals surface area (Å²) in [5.74, 6) is -1.14. The molecule has 18 heavy (non-hydrogen) atoms. The number of carbonyl (C=O) groups is 1. The summed E-state index contributed by atoms with van der Waals surface area (Å²) in [6, 6.07) is 0.475. The highest BCUT2D eigenvalue weighted by Crippen LogP contribution is 2.20. The standard InChI is InChI=1S/C11H17NO4S2/c1-3-4-5-9(11(13)14)12-18(15,16)10-6-8(2)7-17-10/h6-7,9,12H,3-5H2,1-2H3,(H,13,14)/t9-/m0/s1. The van der Waals surface area contributed by atoms with E-state index in [1.165, 1.54) is 6.07 Å². The topological polar surface area (TPSA) is 83.5 Å². The summed E-state index contributed by atoms with van der Waals surface area (Å²) >= 11 is 1.09. The summed E-state index contributed by atoms with van der Waals surface area (Å²) in [4.78, 5) is 11.0. The smallest absolute Gasteiger partial charge is 0.321 e.